The average Bonchev–Trinajstić information content (AvgIpc) is 2.91. The van der Waals surface area contributed by atoms with E-state index in [2.05, 4.69) is 4.72 Å². The molecule has 1 heterocycles. The van der Waals surface area contributed by atoms with Crippen LogP contribution in [-0.2, 0) is 16.6 Å². The Morgan fingerprint density at radius 2 is 2.10 bits per heavy atom. The van der Waals surface area contributed by atoms with Crippen molar-refractivity contribution in [3.05, 3.63) is 42.4 Å². The molecule has 1 aromatic heterocycles. The number of hydrogen-bond donors (Lipinski definition) is 2. The first-order valence-corrected chi connectivity index (χ1v) is 7.47. The van der Waals surface area contributed by atoms with Crippen LogP contribution < -0.4 is 15.4 Å². The number of nitrogen functional groups attached to an aromatic ring is 1. The van der Waals surface area contributed by atoms with Gasteiger partial charge in [0.1, 0.15) is 4.90 Å². The lowest BCUT2D eigenvalue weighted by atomic mass is 10.2. The van der Waals surface area contributed by atoms with Gasteiger partial charge in [-0.15, -0.1) is 0 Å². The molecule has 0 spiro atoms. The second-order valence-corrected chi connectivity index (χ2v) is 6.27. The maximum atomic E-state index is 11.7. The molecule has 0 saturated heterocycles. The molecule has 0 aliphatic heterocycles. The number of nitrogens with zero attached hydrogens (tertiary/aromatic N) is 1. The molecule has 0 aliphatic rings. The molecule has 2 aromatic rings. The number of rotatable bonds is 5. The van der Waals surface area contributed by atoms with E-state index in [1.54, 1.807) is 24.7 Å². The van der Waals surface area contributed by atoms with E-state index >= 15 is 0 Å². The van der Waals surface area contributed by atoms with Crippen molar-refractivity contribution in [2.45, 2.75) is 11.4 Å². The van der Waals surface area contributed by atoms with Gasteiger partial charge in [0.2, 0.25) is 10.0 Å². The third-order valence-electron chi connectivity index (χ3n) is 2.99. The number of nitrogens with two attached hydrogens (primary N) is 1. The SMILES string of the molecule is CNS(=O)(=O)c1ccc(N(C)Cc2ccoc2)cc1N. The summed E-state index contributed by atoms with van der Waals surface area (Å²) in [4.78, 5) is 2.04. The third-order valence-corrected chi connectivity index (χ3v) is 4.48. The molecule has 3 N–H and O–H groups in total. The van der Waals surface area contributed by atoms with Crippen molar-refractivity contribution in [3.63, 3.8) is 0 Å². The van der Waals surface area contributed by atoms with Crippen LogP contribution in [0.2, 0.25) is 0 Å². The summed E-state index contributed by atoms with van der Waals surface area (Å²) in [7, 11) is -0.278. The molecule has 0 bridgehead atoms. The number of hydrogen-bond acceptors (Lipinski definition) is 5. The predicted octanol–water partition coefficient (Wildman–Crippen LogP) is 1.41. The fourth-order valence-electron chi connectivity index (χ4n) is 1.88. The largest absolute Gasteiger partial charge is 0.472 e. The first-order valence-electron chi connectivity index (χ1n) is 5.99. The second-order valence-electron chi connectivity index (χ2n) is 4.42. The van der Waals surface area contributed by atoms with E-state index in [4.69, 9.17) is 10.2 Å². The number of nitrogens with one attached hydrogen (secondary N) is 1. The van der Waals surface area contributed by atoms with Crippen LogP contribution in [0.4, 0.5) is 11.4 Å². The quantitative estimate of drug-likeness (QED) is 0.814. The van der Waals surface area contributed by atoms with Crippen LogP contribution in [0.15, 0.2) is 46.1 Å². The minimum absolute atomic E-state index is 0.0838. The van der Waals surface area contributed by atoms with Crippen molar-refractivity contribution in [1.82, 2.24) is 4.72 Å². The fraction of sp³-hybridized carbons (Fsp3) is 0.231. The normalized spacial score (nSPS) is 11.5. The Balaban J connectivity index is 2.25. The minimum Gasteiger partial charge on any atom is -0.472 e. The lowest BCUT2D eigenvalue weighted by Crippen LogP contribution is -2.21. The maximum Gasteiger partial charge on any atom is 0.242 e. The van der Waals surface area contributed by atoms with E-state index in [-0.39, 0.29) is 10.6 Å². The summed E-state index contributed by atoms with van der Waals surface area (Å²) in [5.41, 5.74) is 7.91. The van der Waals surface area contributed by atoms with Gasteiger partial charge < -0.3 is 15.1 Å². The topological polar surface area (TPSA) is 88.6 Å². The van der Waals surface area contributed by atoms with Gasteiger partial charge >= 0.3 is 0 Å². The molecule has 20 heavy (non-hydrogen) atoms. The van der Waals surface area contributed by atoms with Gasteiger partial charge in [-0.3, -0.25) is 0 Å². The van der Waals surface area contributed by atoms with E-state index in [1.165, 1.54) is 13.1 Å². The van der Waals surface area contributed by atoms with Crippen LogP contribution in [-0.4, -0.2) is 22.5 Å². The fourth-order valence-corrected chi connectivity index (χ4v) is 2.71. The van der Waals surface area contributed by atoms with Crippen molar-refractivity contribution in [2.75, 3.05) is 24.7 Å². The van der Waals surface area contributed by atoms with Gasteiger partial charge in [-0.2, -0.15) is 0 Å². The lowest BCUT2D eigenvalue weighted by molar-refractivity contribution is 0.563. The van der Waals surface area contributed by atoms with Gasteiger partial charge in [0.05, 0.1) is 18.2 Å². The Labute approximate surface area is 118 Å². The second kappa shape index (κ2) is 5.56. The van der Waals surface area contributed by atoms with Crippen LogP contribution in [0.25, 0.3) is 0 Å². The summed E-state index contributed by atoms with van der Waals surface area (Å²) in [6.07, 6.45) is 3.28. The van der Waals surface area contributed by atoms with E-state index in [1.807, 2.05) is 18.0 Å². The minimum atomic E-state index is -3.53. The highest BCUT2D eigenvalue weighted by molar-refractivity contribution is 7.89. The van der Waals surface area contributed by atoms with E-state index in [9.17, 15) is 8.42 Å². The molecule has 0 atom stereocenters. The number of sulfonamides is 1. The van der Waals surface area contributed by atoms with E-state index < -0.39 is 10.0 Å². The zero-order chi connectivity index (χ0) is 14.8. The predicted molar refractivity (Wildman–Crippen MR) is 77.9 cm³/mol. The molecule has 0 amide bonds. The van der Waals surface area contributed by atoms with Crippen molar-refractivity contribution >= 4 is 21.4 Å². The highest BCUT2D eigenvalue weighted by Gasteiger charge is 2.16. The number of benzene rings is 1. The first-order chi connectivity index (χ1) is 9.44. The standard InChI is InChI=1S/C13H17N3O3S/c1-15-20(17,18)13-4-3-11(7-12(13)14)16(2)8-10-5-6-19-9-10/h3-7,9,15H,8,14H2,1-2H3. The Kier molecular flexibility index (Phi) is 4.01. The molecule has 0 unspecified atom stereocenters. The molecule has 7 heteroatoms. The summed E-state index contributed by atoms with van der Waals surface area (Å²) < 4.78 is 30.7. The van der Waals surface area contributed by atoms with Crippen molar-refractivity contribution in [3.8, 4) is 0 Å². The molecule has 1 aromatic carbocycles. The van der Waals surface area contributed by atoms with Gasteiger partial charge in [-0.25, -0.2) is 13.1 Å². The summed E-state index contributed by atoms with van der Waals surface area (Å²) in [6, 6.07) is 6.74. The van der Waals surface area contributed by atoms with Gasteiger partial charge in [-0.05, 0) is 31.3 Å². The average molecular weight is 295 g/mol. The molecule has 0 radical (unpaired) electrons. The third kappa shape index (κ3) is 2.94. The van der Waals surface area contributed by atoms with Crippen LogP contribution >= 0.6 is 0 Å². The van der Waals surface area contributed by atoms with Crippen LogP contribution in [0, 0.1) is 0 Å². The van der Waals surface area contributed by atoms with Gasteiger partial charge in [0.15, 0.2) is 0 Å². The van der Waals surface area contributed by atoms with E-state index in [0.717, 1.165) is 11.3 Å². The van der Waals surface area contributed by atoms with Crippen LogP contribution in [0.5, 0.6) is 0 Å². The number of anilines is 2. The first kappa shape index (κ1) is 14.4. The Morgan fingerprint density at radius 1 is 1.35 bits per heavy atom. The molecule has 0 aliphatic carbocycles. The molecule has 0 saturated carbocycles. The van der Waals surface area contributed by atoms with Gasteiger partial charge in [-0.1, -0.05) is 0 Å². The van der Waals surface area contributed by atoms with Crippen molar-refractivity contribution in [1.29, 1.82) is 0 Å². The Bertz CT molecular complexity index is 681. The highest BCUT2D eigenvalue weighted by Crippen LogP contribution is 2.25. The lowest BCUT2D eigenvalue weighted by Gasteiger charge is -2.19. The maximum absolute atomic E-state index is 11.7. The Morgan fingerprint density at radius 3 is 2.65 bits per heavy atom. The van der Waals surface area contributed by atoms with Crippen LogP contribution in [0.1, 0.15) is 5.56 Å². The smallest absolute Gasteiger partial charge is 0.242 e. The Hall–Kier alpha value is -1.99. The molecular weight excluding hydrogens is 278 g/mol. The highest BCUT2D eigenvalue weighted by atomic mass is 32.2. The summed E-state index contributed by atoms with van der Waals surface area (Å²) in [5, 5.41) is 0. The zero-order valence-electron chi connectivity index (χ0n) is 11.3. The molecular formula is C13H17N3O3S. The monoisotopic (exact) mass is 295 g/mol. The molecule has 6 nitrogen and oxygen atoms in total. The summed E-state index contributed by atoms with van der Waals surface area (Å²) in [6.45, 7) is 0.647. The van der Waals surface area contributed by atoms with Gasteiger partial charge in [0.25, 0.3) is 0 Å². The molecule has 2 rings (SSSR count). The van der Waals surface area contributed by atoms with Gasteiger partial charge in [0, 0.05) is 24.8 Å². The summed E-state index contributed by atoms with van der Waals surface area (Å²) in [5.74, 6) is 0. The molecule has 0 fully saturated rings. The molecule has 108 valence electrons. The van der Waals surface area contributed by atoms with Crippen molar-refractivity contribution in [2.24, 2.45) is 0 Å². The zero-order valence-corrected chi connectivity index (χ0v) is 12.1. The van der Waals surface area contributed by atoms with Crippen molar-refractivity contribution < 1.29 is 12.8 Å². The van der Waals surface area contributed by atoms with E-state index in [0.29, 0.717) is 6.54 Å². The van der Waals surface area contributed by atoms with Crippen LogP contribution in [0.3, 0.4) is 0 Å². The summed E-state index contributed by atoms with van der Waals surface area (Å²) >= 11 is 0. The number of furan rings is 1.